The molecule has 1 aromatic carbocycles. The number of hydrogen-bond donors (Lipinski definition) is 0. The molecule has 2 atom stereocenters. The van der Waals surface area contributed by atoms with Crippen molar-refractivity contribution >= 4 is 11.9 Å². The van der Waals surface area contributed by atoms with Crippen molar-refractivity contribution in [3.05, 3.63) is 48.0 Å². The van der Waals surface area contributed by atoms with Crippen LogP contribution in [-0.2, 0) is 33.3 Å². The summed E-state index contributed by atoms with van der Waals surface area (Å²) < 4.78 is 25.3. The number of hydrogen-bond acceptors (Lipinski definition) is 7. The molecule has 7 heteroatoms. The number of benzene rings is 1. The van der Waals surface area contributed by atoms with E-state index >= 15 is 0 Å². The lowest BCUT2D eigenvalue weighted by molar-refractivity contribution is -0.159. The predicted molar refractivity (Wildman–Crippen MR) is 99.1 cm³/mol. The number of rotatable bonds is 12. The van der Waals surface area contributed by atoms with Gasteiger partial charge in [-0.3, -0.25) is 9.59 Å². The number of carbonyl (C=O) groups is 2. The molecule has 27 heavy (non-hydrogen) atoms. The molecule has 1 rings (SSSR count). The molecule has 0 radical (unpaired) electrons. The van der Waals surface area contributed by atoms with E-state index in [2.05, 4.69) is 0 Å². The fraction of sp³-hybridized carbons (Fsp3) is 0.500. The number of methoxy groups -OCH3 is 3. The van der Waals surface area contributed by atoms with Crippen molar-refractivity contribution in [2.75, 3.05) is 41.3 Å². The monoisotopic (exact) mass is 380 g/mol. The Kier molecular flexibility index (Phi) is 11.0. The molecule has 0 N–H and O–H groups in total. The fourth-order valence-electron chi connectivity index (χ4n) is 2.42. The van der Waals surface area contributed by atoms with E-state index < -0.39 is 23.8 Å². The molecule has 0 unspecified atom stereocenters. The summed E-state index contributed by atoms with van der Waals surface area (Å²) in [7, 11) is 4.08. The van der Waals surface area contributed by atoms with E-state index in [-0.39, 0.29) is 12.9 Å². The summed E-state index contributed by atoms with van der Waals surface area (Å²) in [5.74, 6) is -2.97. The summed E-state index contributed by atoms with van der Waals surface area (Å²) in [5.41, 5.74) is 0.790. The lowest BCUT2D eigenvalue weighted by Crippen LogP contribution is -2.31. The highest BCUT2D eigenvalue weighted by Gasteiger charge is 2.36. The van der Waals surface area contributed by atoms with E-state index in [4.69, 9.17) is 23.7 Å². The molecular weight excluding hydrogens is 352 g/mol. The third kappa shape index (κ3) is 7.90. The first-order valence-electron chi connectivity index (χ1n) is 8.62. The van der Waals surface area contributed by atoms with E-state index in [0.717, 1.165) is 5.56 Å². The maximum Gasteiger partial charge on any atom is 0.321 e. The normalized spacial score (nSPS) is 13.5. The zero-order valence-corrected chi connectivity index (χ0v) is 16.3. The Morgan fingerprint density at radius 1 is 0.963 bits per heavy atom. The molecular formula is C20H28O7. The zero-order valence-electron chi connectivity index (χ0n) is 16.3. The van der Waals surface area contributed by atoms with Gasteiger partial charge in [-0.2, -0.15) is 0 Å². The van der Waals surface area contributed by atoms with Crippen LogP contribution < -0.4 is 0 Å². The van der Waals surface area contributed by atoms with E-state index in [9.17, 15) is 9.59 Å². The maximum atomic E-state index is 12.2. The SMILES string of the molecule is COCCOCO[C@@H](C)/C=C/[C@H](c1ccccc1)C(C(=O)OC)C(=O)OC. The van der Waals surface area contributed by atoms with Crippen molar-refractivity contribution in [1.29, 1.82) is 0 Å². The van der Waals surface area contributed by atoms with Gasteiger partial charge < -0.3 is 23.7 Å². The Morgan fingerprint density at radius 3 is 2.15 bits per heavy atom. The Labute approximate surface area is 160 Å². The number of ether oxygens (including phenoxy) is 5. The van der Waals surface area contributed by atoms with Crippen LogP contribution in [0.3, 0.4) is 0 Å². The van der Waals surface area contributed by atoms with Gasteiger partial charge in [0, 0.05) is 13.0 Å². The average Bonchev–Trinajstić information content (AvgIpc) is 2.70. The van der Waals surface area contributed by atoms with E-state index in [1.165, 1.54) is 14.2 Å². The minimum atomic E-state index is -1.11. The van der Waals surface area contributed by atoms with Crippen molar-refractivity contribution in [2.24, 2.45) is 5.92 Å². The van der Waals surface area contributed by atoms with Gasteiger partial charge in [0.1, 0.15) is 6.79 Å². The molecule has 0 heterocycles. The Balaban J connectivity index is 2.92. The molecule has 0 fully saturated rings. The average molecular weight is 380 g/mol. The van der Waals surface area contributed by atoms with E-state index in [0.29, 0.717) is 13.2 Å². The first-order valence-corrected chi connectivity index (χ1v) is 8.62. The fourth-order valence-corrected chi connectivity index (χ4v) is 2.42. The van der Waals surface area contributed by atoms with Crippen molar-refractivity contribution < 1.29 is 33.3 Å². The van der Waals surface area contributed by atoms with E-state index in [1.807, 2.05) is 37.3 Å². The summed E-state index contributed by atoms with van der Waals surface area (Å²) >= 11 is 0. The first kappa shape index (κ1) is 22.8. The predicted octanol–water partition coefficient (Wildman–Crippen LogP) is 2.31. The minimum absolute atomic E-state index is 0.113. The number of esters is 2. The highest BCUT2D eigenvalue weighted by Crippen LogP contribution is 2.29. The largest absolute Gasteiger partial charge is 0.468 e. The molecule has 0 saturated heterocycles. The van der Waals surface area contributed by atoms with Crippen LogP contribution in [0, 0.1) is 5.92 Å². The van der Waals surface area contributed by atoms with Gasteiger partial charge in [0.05, 0.1) is 33.5 Å². The lowest BCUT2D eigenvalue weighted by atomic mass is 9.85. The number of allylic oxidation sites excluding steroid dienone is 1. The third-order valence-corrected chi connectivity index (χ3v) is 3.89. The third-order valence-electron chi connectivity index (χ3n) is 3.89. The Morgan fingerprint density at radius 2 is 1.59 bits per heavy atom. The van der Waals surface area contributed by atoms with Crippen LogP contribution in [0.5, 0.6) is 0 Å². The summed E-state index contributed by atoms with van der Waals surface area (Å²) in [4.78, 5) is 24.4. The minimum Gasteiger partial charge on any atom is -0.468 e. The standard InChI is InChI=1S/C20H28O7/c1-15(27-14-26-13-12-23-2)10-11-17(16-8-6-5-7-9-16)18(19(21)24-3)20(22)25-4/h5-11,15,17-18H,12-14H2,1-4H3/b11-10+/t15-,17+/m0/s1. The first-order chi connectivity index (χ1) is 13.0. The number of carbonyl (C=O) groups excluding carboxylic acids is 2. The van der Waals surface area contributed by atoms with Crippen LogP contribution in [0.25, 0.3) is 0 Å². The zero-order chi connectivity index (χ0) is 20.1. The molecule has 0 aliphatic heterocycles. The van der Waals surface area contributed by atoms with Gasteiger partial charge >= 0.3 is 11.9 Å². The summed E-state index contributed by atoms with van der Waals surface area (Å²) in [5, 5.41) is 0. The van der Waals surface area contributed by atoms with E-state index in [1.54, 1.807) is 19.3 Å². The Bertz CT molecular complexity index is 569. The molecule has 1 aromatic rings. The van der Waals surface area contributed by atoms with Crippen LogP contribution in [-0.4, -0.2) is 59.4 Å². The van der Waals surface area contributed by atoms with Crippen LogP contribution in [0.4, 0.5) is 0 Å². The quantitative estimate of drug-likeness (QED) is 0.181. The van der Waals surface area contributed by atoms with Crippen molar-refractivity contribution in [1.82, 2.24) is 0 Å². The second kappa shape index (κ2) is 13.0. The maximum absolute atomic E-state index is 12.2. The molecule has 0 aromatic heterocycles. The van der Waals surface area contributed by atoms with Crippen LogP contribution in [0.15, 0.2) is 42.5 Å². The van der Waals surface area contributed by atoms with Gasteiger partial charge in [-0.25, -0.2) is 0 Å². The smallest absolute Gasteiger partial charge is 0.321 e. The highest BCUT2D eigenvalue weighted by atomic mass is 16.7. The van der Waals surface area contributed by atoms with Crippen LogP contribution in [0.2, 0.25) is 0 Å². The molecule has 0 amide bonds. The van der Waals surface area contributed by atoms with Crippen molar-refractivity contribution in [2.45, 2.75) is 18.9 Å². The van der Waals surface area contributed by atoms with Crippen LogP contribution in [0.1, 0.15) is 18.4 Å². The Hall–Kier alpha value is -2.22. The summed E-state index contributed by atoms with van der Waals surface area (Å²) in [6.07, 6.45) is 3.25. The van der Waals surface area contributed by atoms with Crippen molar-refractivity contribution in [3.8, 4) is 0 Å². The van der Waals surface area contributed by atoms with Gasteiger partial charge in [-0.1, -0.05) is 42.5 Å². The second-order valence-electron chi connectivity index (χ2n) is 5.74. The summed E-state index contributed by atoms with van der Waals surface area (Å²) in [6.45, 7) is 2.88. The van der Waals surface area contributed by atoms with Gasteiger partial charge in [0.2, 0.25) is 0 Å². The molecule has 150 valence electrons. The molecule has 0 spiro atoms. The topological polar surface area (TPSA) is 80.3 Å². The van der Waals surface area contributed by atoms with Crippen LogP contribution >= 0.6 is 0 Å². The molecule has 0 saturated carbocycles. The van der Waals surface area contributed by atoms with Crippen molar-refractivity contribution in [3.63, 3.8) is 0 Å². The molecule has 0 aliphatic carbocycles. The van der Waals surface area contributed by atoms with Gasteiger partial charge in [-0.05, 0) is 12.5 Å². The second-order valence-corrected chi connectivity index (χ2v) is 5.74. The van der Waals surface area contributed by atoms with Gasteiger partial charge in [0.15, 0.2) is 5.92 Å². The lowest BCUT2D eigenvalue weighted by Gasteiger charge is -2.21. The summed E-state index contributed by atoms with van der Waals surface area (Å²) in [6, 6.07) is 9.22. The highest BCUT2D eigenvalue weighted by molar-refractivity contribution is 5.96. The van der Waals surface area contributed by atoms with Gasteiger partial charge in [-0.15, -0.1) is 0 Å². The molecule has 0 aliphatic rings. The molecule has 0 bridgehead atoms. The molecule has 7 nitrogen and oxygen atoms in total. The van der Waals surface area contributed by atoms with Gasteiger partial charge in [0.25, 0.3) is 0 Å².